The summed E-state index contributed by atoms with van der Waals surface area (Å²) in [5.74, 6) is -2.73. The molecule has 0 bridgehead atoms. The molecule has 0 aliphatic carbocycles. The Morgan fingerprint density at radius 2 is 1.88 bits per heavy atom. The molecule has 0 N–H and O–H groups in total. The minimum atomic E-state index is -3.86. The van der Waals surface area contributed by atoms with Gasteiger partial charge in [0.2, 0.25) is 10.0 Å². The molecule has 1 saturated heterocycles. The predicted octanol–water partition coefficient (Wildman–Crippen LogP) is 2.27. The van der Waals surface area contributed by atoms with Crippen molar-refractivity contribution in [2.75, 3.05) is 13.1 Å². The van der Waals surface area contributed by atoms with E-state index in [0.717, 1.165) is 30.6 Å². The lowest BCUT2D eigenvalue weighted by atomic mass is 10.1. The number of nitrogens with zero attached hydrogens (tertiary/aromatic N) is 3. The Morgan fingerprint density at radius 1 is 1.15 bits per heavy atom. The fourth-order valence-corrected chi connectivity index (χ4v) is 4.30. The molecule has 1 aromatic carbocycles. The van der Waals surface area contributed by atoms with Crippen LogP contribution in [0.4, 0.5) is 13.2 Å². The number of aromatic nitrogens is 2. The molecular weight excluding hydrogens is 371 g/mol. The van der Waals surface area contributed by atoms with Crippen molar-refractivity contribution >= 4 is 10.0 Å². The number of benzene rings is 1. The number of hydrogen-bond donors (Lipinski definition) is 0. The first-order valence-electron chi connectivity index (χ1n) is 7.89. The van der Waals surface area contributed by atoms with E-state index in [1.54, 1.807) is 0 Å². The van der Waals surface area contributed by atoms with Gasteiger partial charge in [0, 0.05) is 12.1 Å². The number of rotatable bonds is 5. The van der Waals surface area contributed by atoms with Crippen molar-refractivity contribution in [1.29, 1.82) is 0 Å². The monoisotopic (exact) mass is 387 g/mol. The number of hydrogen-bond acceptors (Lipinski definition) is 5. The number of piperidine rings is 1. The number of halogens is 3. The second kappa shape index (κ2) is 7.58. The van der Waals surface area contributed by atoms with Gasteiger partial charge in [-0.05, 0) is 31.0 Å². The van der Waals surface area contributed by atoms with E-state index in [2.05, 4.69) is 9.97 Å². The Bertz CT molecular complexity index is 878. The summed E-state index contributed by atoms with van der Waals surface area (Å²) in [6.45, 7) is 0.281. The van der Waals surface area contributed by atoms with Crippen molar-refractivity contribution < 1.29 is 26.3 Å². The zero-order chi connectivity index (χ0) is 18.7. The maximum absolute atomic E-state index is 13.7. The van der Waals surface area contributed by atoms with Gasteiger partial charge in [-0.15, -0.1) is 0 Å². The summed E-state index contributed by atoms with van der Waals surface area (Å²) in [7, 11) is -3.86. The Balaban J connectivity index is 1.69. The van der Waals surface area contributed by atoms with Crippen LogP contribution in [0.5, 0.6) is 6.01 Å². The first kappa shape index (κ1) is 18.6. The normalized spacial score (nSPS) is 18.7. The molecule has 0 unspecified atom stereocenters. The molecule has 2 aromatic rings. The van der Waals surface area contributed by atoms with Gasteiger partial charge in [-0.3, -0.25) is 0 Å². The number of ether oxygens (including phenoxy) is 1. The van der Waals surface area contributed by atoms with Gasteiger partial charge < -0.3 is 4.74 Å². The Morgan fingerprint density at radius 3 is 2.62 bits per heavy atom. The van der Waals surface area contributed by atoms with E-state index >= 15 is 0 Å². The van der Waals surface area contributed by atoms with Gasteiger partial charge in [-0.2, -0.15) is 4.31 Å². The minimum absolute atomic E-state index is 0.0278. The van der Waals surface area contributed by atoms with E-state index in [-0.39, 0.29) is 24.7 Å². The molecule has 1 aliphatic heterocycles. The van der Waals surface area contributed by atoms with Crippen molar-refractivity contribution in [3.8, 4) is 6.01 Å². The van der Waals surface area contributed by atoms with Gasteiger partial charge in [-0.25, -0.2) is 31.6 Å². The van der Waals surface area contributed by atoms with Crippen LogP contribution in [0.2, 0.25) is 0 Å². The molecule has 0 amide bonds. The Kier molecular flexibility index (Phi) is 5.42. The first-order chi connectivity index (χ1) is 12.3. The molecule has 2 heterocycles. The minimum Gasteiger partial charge on any atom is -0.459 e. The summed E-state index contributed by atoms with van der Waals surface area (Å²) in [6.07, 6.45) is 2.48. The molecule has 0 radical (unpaired) electrons. The van der Waals surface area contributed by atoms with Gasteiger partial charge >= 0.3 is 6.01 Å². The van der Waals surface area contributed by atoms with E-state index < -0.39 is 39.3 Å². The summed E-state index contributed by atoms with van der Waals surface area (Å²) >= 11 is 0. The molecule has 6 nitrogen and oxygen atoms in total. The predicted molar refractivity (Wildman–Crippen MR) is 86.2 cm³/mol. The highest BCUT2D eigenvalue weighted by Crippen LogP contribution is 2.21. The lowest BCUT2D eigenvalue weighted by Crippen LogP contribution is -2.45. The van der Waals surface area contributed by atoms with Gasteiger partial charge in [-0.1, -0.05) is 0 Å². The molecule has 0 saturated carbocycles. The van der Waals surface area contributed by atoms with Crippen LogP contribution in [0.25, 0.3) is 0 Å². The standard InChI is InChI=1S/C16H16F3N3O3S/c17-12-3-4-15(19)11(6-12)10-26(23,24)22-5-1-2-14(9-22)25-16-20-7-13(18)8-21-16/h3-4,6-8,14H,1-2,5,9-10H2/t14-/m1/s1. The maximum Gasteiger partial charge on any atom is 0.316 e. The van der Waals surface area contributed by atoms with Crippen LogP contribution in [0, 0.1) is 17.5 Å². The smallest absolute Gasteiger partial charge is 0.316 e. The van der Waals surface area contributed by atoms with E-state index in [1.807, 2.05) is 0 Å². The van der Waals surface area contributed by atoms with Crippen LogP contribution >= 0.6 is 0 Å². The number of sulfonamides is 1. The van der Waals surface area contributed by atoms with E-state index in [1.165, 1.54) is 4.31 Å². The average Bonchev–Trinajstić information content (AvgIpc) is 2.60. The van der Waals surface area contributed by atoms with Crippen LogP contribution in [0.15, 0.2) is 30.6 Å². The van der Waals surface area contributed by atoms with Gasteiger partial charge in [0.15, 0.2) is 5.82 Å². The van der Waals surface area contributed by atoms with Crippen LogP contribution in [0.1, 0.15) is 18.4 Å². The molecule has 0 spiro atoms. The Hall–Kier alpha value is -2.20. The molecule has 26 heavy (non-hydrogen) atoms. The van der Waals surface area contributed by atoms with Gasteiger partial charge in [0.1, 0.15) is 17.7 Å². The van der Waals surface area contributed by atoms with E-state index in [9.17, 15) is 21.6 Å². The summed E-state index contributed by atoms with van der Waals surface area (Å²) in [5, 5.41) is 0. The molecule has 3 rings (SSSR count). The zero-order valence-electron chi connectivity index (χ0n) is 13.6. The van der Waals surface area contributed by atoms with Crippen molar-refractivity contribution in [1.82, 2.24) is 14.3 Å². The second-order valence-corrected chi connectivity index (χ2v) is 7.88. The average molecular weight is 387 g/mol. The fourth-order valence-electron chi connectivity index (χ4n) is 2.71. The van der Waals surface area contributed by atoms with E-state index in [4.69, 9.17) is 4.74 Å². The highest BCUT2D eigenvalue weighted by molar-refractivity contribution is 7.88. The van der Waals surface area contributed by atoms with Crippen molar-refractivity contribution in [3.63, 3.8) is 0 Å². The van der Waals surface area contributed by atoms with Crippen LogP contribution in [-0.2, 0) is 15.8 Å². The van der Waals surface area contributed by atoms with Gasteiger partial charge in [0.25, 0.3) is 0 Å². The molecular formula is C16H16F3N3O3S. The van der Waals surface area contributed by atoms with Crippen LogP contribution in [0.3, 0.4) is 0 Å². The SMILES string of the molecule is O=S(=O)(Cc1cc(F)ccc1F)N1CCC[C@@H](Oc2ncc(F)cn2)C1. The molecule has 1 aliphatic rings. The lowest BCUT2D eigenvalue weighted by Gasteiger charge is -2.31. The maximum atomic E-state index is 13.7. The van der Waals surface area contributed by atoms with Gasteiger partial charge in [0.05, 0.1) is 24.7 Å². The second-order valence-electron chi connectivity index (χ2n) is 5.92. The summed E-state index contributed by atoms with van der Waals surface area (Å²) in [5.41, 5.74) is -0.227. The third kappa shape index (κ3) is 4.50. The third-order valence-electron chi connectivity index (χ3n) is 3.95. The highest BCUT2D eigenvalue weighted by Gasteiger charge is 2.31. The van der Waals surface area contributed by atoms with Crippen LogP contribution in [-0.4, -0.2) is 41.9 Å². The van der Waals surface area contributed by atoms with E-state index in [0.29, 0.717) is 12.8 Å². The summed E-state index contributed by atoms with van der Waals surface area (Å²) < 4.78 is 71.6. The highest BCUT2D eigenvalue weighted by atomic mass is 32.2. The quantitative estimate of drug-likeness (QED) is 0.787. The summed E-state index contributed by atoms with van der Waals surface area (Å²) in [6, 6.07) is 2.65. The van der Waals surface area contributed by atoms with Crippen molar-refractivity contribution in [2.24, 2.45) is 0 Å². The molecule has 1 aromatic heterocycles. The zero-order valence-corrected chi connectivity index (χ0v) is 14.4. The Labute approximate surface area is 148 Å². The van der Waals surface area contributed by atoms with Crippen LogP contribution < -0.4 is 4.74 Å². The first-order valence-corrected chi connectivity index (χ1v) is 9.50. The topological polar surface area (TPSA) is 72.4 Å². The third-order valence-corrected chi connectivity index (χ3v) is 5.74. The summed E-state index contributed by atoms with van der Waals surface area (Å²) in [4.78, 5) is 7.36. The molecule has 10 heteroatoms. The fraction of sp³-hybridized carbons (Fsp3) is 0.375. The van der Waals surface area contributed by atoms with Crippen molar-refractivity contribution in [2.45, 2.75) is 24.7 Å². The lowest BCUT2D eigenvalue weighted by molar-refractivity contribution is 0.118. The molecule has 140 valence electrons. The molecule has 1 fully saturated rings. The molecule has 1 atom stereocenters. The van der Waals surface area contributed by atoms with Crippen molar-refractivity contribution in [3.05, 3.63) is 53.6 Å². The largest absolute Gasteiger partial charge is 0.459 e.